The topological polar surface area (TPSA) is 403 Å². The number of rotatable bonds is 15. The number of amides is 2. The van der Waals surface area contributed by atoms with E-state index in [0.29, 0.717) is 47.4 Å². The van der Waals surface area contributed by atoms with Crippen molar-refractivity contribution in [2.45, 2.75) is 38.8 Å². The number of hydrogen-bond acceptors (Lipinski definition) is 18. The molecule has 8 N–H and O–H groups in total. The number of carboxylic acids is 1. The zero-order valence-electron chi connectivity index (χ0n) is 49.2. The molecule has 31 heteroatoms. The van der Waals surface area contributed by atoms with E-state index in [2.05, 4.69) is 77.0 Å². The molecule has 88 heavy (non-hydrogen) atoms. The summed E-state index contributed by atoms with van der Waals surface area (Å²) < 4.78 is 122. The molecule has 0 bridgehead atoms. The first-order chi connectivity index (χ1) is 41.0. The summed E-state index contributed by atoms with van der Waals surface area (Å²) in [7, 11) is -11.9. The maximum atomic E-state index is 13.4. The fourth-order valence-corrected chi connectivity index (χ4v) is 10.8. The van der Waals surface area contributed by atoms with Crippen molar-refractivity contribution in [1.82, 2.24) is 30.4 Å². The first-order valence-corrected chi connectivity index (χ1v) is 34.5. The number of piperidine rings is 2. The van der Waals surface area contributed by atoms with Crippen LogP contribution in [0.3, 0.4) is 0 Å². The van der Waals surface area contributed by atoms with Crippen LogP contribution >= 0.6 is 0 Å². The predicted octanol–water partition coefficient (Wildman–Crippen LogP) is 3.93. The Morgan fingerprint density at radius 2 is 0.932 bits per heavy atom. The smallest absolute Gasteiger partial charge is 0.322 e. The van der Waals surface area contributed by atoms with Crippen molar-refractivity contribution < 1.29 is 95.1 Å². The number of aromatic nitrogens is 4. The Morgan fingerprint density at radius 3 is 1.25 bits per heavy atom. The van der Waals surface area contributed by atoms with Crippen LogP contribution in [0.15, 0.2) is 97.8 Å². The molecule has 0 atom stereocenters. The van der Waals surface area contributed by atoms with Gasteiger partial charge < -0.3 is 49.4 Å². The van der Waals surface area contributed by atoms with Gasteiger partial charge in [-0.25, -0.2) is 26.0 Å². The molecule has 2 fully saturated rings. The van der Waals surface area contributed by atoms with Gasteiger partial charge in [-0.1, -0.05) is 6.58 Å². The quantitative estimate of drug-likeness (QED) is 0.0409. The molecular formula is C57H72N8O19S4. The lowest BCUT2D eigenvalue weighted by Gasteiger charge is -2.39. The van der Waals surface area contributed by atoms with Crippen LogP contribution in [0.1, 0.15) is 46.4 Å². The number of likely N-dealkylation sites (tertiary alicyclic amines) is 2. The summed E-state index contributed by atoms with van der Waals surface area (Å²) in [5.74, 6) is 1.03. The summed E-state index contributed by atoms with van der Waals surface area (Å²) in [6, 6.07) is 19.6. The molecule has 478 valence electrons. The van der Waals surface area contributed by atoms with Crippen LogP contribution in [0.2, 0.25) is 0 Å². The average molecular weight is 1300 g/mol. The Labute approximate surface area is 508 Å². The number of aliphatic carboxylic acids is 1. The second kappa shape index (κ2) is 29.6. The number of pyridine rings is 2. The molecule has 27 nitrogen and oxygen atoms in total. The van der Waals surface area contributed by atoms with E-state index in [4.69, 9.17) is 44.5 Å². The van der Waals surface area contributed by atoms with Crippen molar-refractivity contribution in [2.24, 2.45) is 11.8 Å². The van der Waals surface area contributed by atoms with Crippen LogP contribution < -0.4 is 29.2 Å². The van der Waals surface area contributed by atoms with E-state index in [1.54, 1.807) is 14.2 Å². The minimum absolute atomic E-state index is 0.0190. The van der Waals surface area contributed by atoms with Gasteiger partial charge in [0, 0.05) is 57.2 Å². The number of aliphatic hydroxyl groups is 1. The third-order valence-corrected chi connectivity index (χ3v) is 14.4. The van der Waals surface area contributed by atoms with E-state index in [1.165, 1.54) is 25.7 Å². The first-order valence-electron chi connectivity index (χ1n) is 27.2. The Bertz CT molecular complexity index is 3980. The highest BCUT2D eigenvalue weighted by Gasteiger charge is 2.31. The zero-order chi connectivity index (χ0) is 65.1. The number of hydrogen-bond donors (Lipinski definition) is 8. The fraction of sp³-hybridized carbons (Fsp3) is 0.386. The lowest BCUT2D eigenvalue weighted by atomic mass is 9.79. The molecule has 10 rings (SSSR count). The minimum Gasteiger partial charge on any atom is -0.748 e. The molecule has 4 aromatic heterocycles. The molecule has 6 heterocycles. The van der Waals surface area contributed by atoms with Crippen LogP contribution in [0, 0.1) is 11.8 Å². The number of benzene rings is 4. The summed E-state index contributed by atoms with van der Waals surface area (Å²) >= 11 is 0. The number of carboxylic acid groups (broad SMARTS) is 1. The van der Waals surface area contributed by atoms with Crippen molar-refractivity contribution in [3.63, 3.8) is 0 Å². The van der Waals surface area contributed by atoms with E-state index in [9.17, 15) is 41.4 Å². The predicted molar refractivity (Wildman–Crippen MR) is 329 cm³/mol. The van der Waals surface area contributed by atoms with Gasteiger partial charge in [0.05, 0.1) is 99.5 Å². The fourth-order valence-electron chi connectivity index (χ4n) is 10.8. The normalized spacial score (nSPS) is 14.6. The molecule has 0 aliphatic carbocycles. The van der Waals surface area contributed by atoms with E-state index < -0.39 is 58.9 Å². The Morgan fingerprint density at radius 1 is 0.591 bits per heavy atom. The molecular weight excluding hydrogens is 1230 g/mol. The number of methoxy groups -OCH3 is 2. The van der Waals surface area contributed by atoms with Crippen molar-refractivity contribution in [2.75, 3.05) is 91.6 Å². The van der Waals surface area contributed by atoms with Crippen LogP contribution in [-0.4, -0.2) is 191 Å². The average Bonchev–Trinajstić information content (AvgIpc) is 1.56. The summed E-state index contributed by atoms with van der Waals surface area (Å²) in [6.45, 7) is 11.0. The molecule has 2 aliphatic heterocycles. The number of carbonyl (C=O) groups excluding carboxylic acids is 2. The maximum absolute atomic E-state index is 13.4. The highest BCUT2D eigenvalue weighted by Crippen LogP contribution is 2.38. The highest BCUT2D eigenvalue weighted by molar-refractivity contribution is 7.85. The molecule has 2 aliphatic rings. The first kappa shape index (κ1) is 69.5. The van der Waals surface area contributed by atoms with Crippen molar-refractivity contribution in [3.8, 4) is 11.5 Å². The molecule has 4 aromatic carbocycles. The van der Waals surface area contributed by atoms with Gasteiger partial charge >= 0.3 is 5.97 Å². The monoisotopic (exact) mass is 1300 g/mol. The Balaban J connectivity index is 0.000000537. The van der Waals surface area contributed by atoms with Gasteiger partial charge in [0.15, 0.2) is 37.9 Å². The van der Waals surface area contributed by atoms with Gasteiger partial charge in [0.2, 0.25) is 0 Å². The van der Waals surface area contributed by atoms with E-state index in [0.717, 1.165) is 130 Å². The van der Waals surface area contributed by atoms with E-state index >= 15 is 0 Å². The van der Waals surface area contributed by atoms with Crippen LogP contribution in [0.25, 0.3) is 65.2 Å². The standard InChI is InChI=1S/C53H56N8O7.4CH4O3S/c1-32(62)28-54-52(65)41-24-35-12-18-60(30-43(35)48-39-26-37(67-2)4-6-45(39)56-50(41)48)22-20-58-14-8-33(9-15-58)34-10-16-59(17-11-34)21-23-61-19-13-36-25-42(53(66)55-29-47(63)64)51-49(44(36)31-61)40-27-38(68-3)5-7-46(40)57-51;4*1-5(2,3)4/h4-7,12-13,18-19,24-27,30-31,33-34H,1,8-11,14-17,20-23,28-29H2,2-3H3,(H4,54,55,62,63,64,65,66);4*1H3,(H,2,3,4). The van der Waals surface area contributed by atoms with Crippen molar-refractivity contribution in [3.05, 3.63) is 109 Å². The van der Waals surface area contributed by atoms with Crippen molar-refractivity contribution >= 4 is 123 Å². The molecule has 0 radical (unpaired) electrons. The second-order valence-electron chi connectivity index (χ2n) is 21.4. The molecule has 2 saturated heterocycles. The molecule has 8 aromatic rings. The van der Waals surface area contributed by atoms with Crippen LogP contribution in [0.4, 0.5) is 0 Å². The molecule has 0 spiro atoms. The number of ether oxygens (including phenoxy) is 2. The summed E-state index contributed by atoms with van der Waals surface area (Å²) in [4.78, 5) is 50.0. The Hall–Kier alpha value is -7.59. The van der Waals surface area contributed by atoms with Gasteiger partial charge in [0.25, 0.3) is 32.1 Å². The summed E-state index contributed by atoms with van der Waals surface area (Å²) in [6.07, 6.45) is 16.1. The van der Waals surface area contributed by atoms with Gasteiger partial charge in [-0.2, -0.15) is 16.8 Å². The number of H-pyrrole nitrogens is 2. The number of nitrogens with one attached hydrogen (secondary N) is 4. The van der Waals surface area contributed by atoms with Gasteiger partial charge in [-0.05, 0) is 123 Å². The molecule has 0 saturated carbocycles. The van der Waals surface area contributed by atoms with Gasteiger partial charge in [-0.15, -0.1) is 0 Å². The van der Waals surface area contributed by atoms with Gasteiger partial charge in [0.1, 0.15) is 23.8 Å². The van der Waals surface area contributed by atoms with E-state index in [1.807, 2.05) is 54.6 Å². The number of carbonyl (C=O) groups is 3. The largest absolute Gasteiger partial charge is 0.748 e. The minimum atomic E-state index is -3.92. The SMILES string of the molecule is C=C(O)CNC(=O)c1cc2cc[n+](CCN3CCC(C4CCN(CC[n+]5ccc6cc(C(=O)NCC(=O)O)c7[nH]c8ccc(OC)cc8c7c6c5)CC4)CC3)cc2c2c1[nH]c1ccc(OC)cc12.CS(=O)(=O)O.CS(=O)(=O)O.CS(=O)(=O)[O-].CS(=O)(=O)[O-]. The third-order valence-electron chi connectivity index (χ3n) is 14.4. The lowest BCUT2D eigenvalue weighted by molar-refractivity contribution is -0.695. The van der Waals surface area contributed by atoms with Gasteiger partial charge in [-0.3, -0.25) is 33.3 Å². The second-order valence-corrected chi connectivity index (χ2v) is 27.1. The lowest BCUT2D eigenvalue weighted by Crippen LogP contribution is -2.46. The zero-order valence-corrected chi connectivity index (χ0v) is 52.4. The number of aromatic amines is 2. The number of aliphatic hydroxyl groups excluding tert-OH is 1. The van der Waals surface area contributed by atoms with Crippen molar-refractivity contribution in [1.29, 1.82) is 0 Å². The molecule has 2 amide bonds. The molecule has 0 unspecified atom stereocenters. The highest BCUT2D eigenvalue weighted by atomic mass is 32.2. The number of fused-ring (bicyclic) bond motifs is 10. The maximum Gasteiger partial charge on any atom is 0.322 e. The van der Waals surface area contributed by atoms with E-state index in [-0.39, 0.29) is 18.2 Å². The van der Waals surface area contributed by atoms with Crippen LogP contribution in [0.5, 0.6) is 11.5 Å². The van der Waals surface area contributed by atoms with Crippen LogP contribution in [-0.2, 0) is 58.4 Å². The third kappa shape index (κ3) is 21.3. The Kier molecular flexibility index (Phi) is 23.4. The summed E-state index contributed by atoms with van der Waals surface area (Å²) in [5.41, 5.74) is 4.10. The number of nitrogens with zero attached hydrogens (tertiary/aromatic N) is 4. The summed E-state index contributed by atoms with van der Waals surface area (Å²) in [5, 5.41) is 31.9.